The Balaban J connectivity index is 0.000000640. The SMILES string of the molecule is Cc1[c-]c(C)c(C)s1.[Y]. The molecule has 0 spiro atoms. The Morgan fingerprint density at radius 3 is 1.89 bits per heavy atom. The van der Waals surface area contributed by atoms with Crippen molar-refractivity contribution in [3.8, 4) is 0 Å². The minimum absolute atomic E-state index is 0. The molecule has 1 radical (unpaired) electrons. The summed E-state index contributed by atoms with van der Waals surface area (Å²) in [5, 5.41) is 0. The van der Waals surface area contributed by atoms with E-state index in [2.05, 4.69) is 26.8 Å². The first-order chi connectivity index (χ1) is 3.70. The second kappa shape index (κ2) is 3.85. The third-order valence-corrected chi connectivity index (χ3v) is 2.22. The van der Waals surface area contributed by atoms with E-state index in [0.29, 0.717) is 0 Å². The molecule has 0 aliphatic rings. The summed E-state index contributed by atoms with van der Waals surface area (Å²) in [5.41, 5.74) is 1.30. The van der Waals surface area contributed by atoms with E-state index < -0.39 is 0 Å². The molecule has 0 nitrogen and oxygen atoms in total. The van der Waals surface area contributed by atoms with Gasteiger partial charge in [-0.15, -0.1) is 9.75 Å². The van der Waals surface area contributed by atoms with Gasteiger partial charge in [0.1, 0.15) is 0 Å². The molecule has 0 atom stereocenters. The normalized spacial score (nSPS) is 8.78. The maximum Gasteiger partial charge on any atom is 0 e. The number of aryl methyl sites for hydroxylation is 3. The van der Waals surface area contributed by atoms with Crippen LogP contribution >= 0.6 is 11.3 Å². The Morgan fingerprint density at radius 1 is 1.22 bits per heavy atom. The molecule has 1 heterocycles. The molecule has 0 unspecified atom stereocenters. The van der Waals surface area contributed by atoms with E-state index in [9.17, 15) is 0 Å². The summed E-state index contributed by atoms with van der Waals surface area (Å²) in [6.07, 6.45) is 0. The van der Waals surface area contributed by atoms with Gasteiger partial charge in [0.2, 0.25) is 0 Å². The van der Waals surface area contributed by atoms with Gasteiger partial charge in [0.05, 0.1) is 0 Å². The van der Waals surface area contributed by atoms with Crippen molar-refractivity contribution in [1.82, 2.24) is 0 Å². The van der Waals surface area contributed by atoms with E-state index in [1.807, 2.05) is 11.3 Å². The van der Waals surface area contributed by atoms with Crippen LogP contribution in [0.1, 0.15) is 15.3 Å². The van der Waals surface area contributed by atoms with Gasteiger partial charge in [-0.3, -0.25) is 11.3 Å². The van der Waals surface area contributed by atoms with E-state index in [1.165, 1.54) is 15.3 Å². The van der Waals surface area contributed by atoms with E-state index in [-0.39, 0.29) is 32.7 Å². The molecule has 9 heavy (non-hydrogen) atoms. The molecule has 1 rings (SSSR count). The Kier molecular flexibility index (Phi) is 4.19. The van der Waals surface area contributed by atoms with Gasteiger partial charge in [0.15, 0.2) is 0 Å². The second-order valence-corrected chi connectivity index (χ2v) is 3.39. The summed E-state index contributed by atoms with van der Waals surface area (Å²) in [6, 6.07) is 3.23. The van der Waals surface area contributed by atoms with Crippen LogP contribution in [0.15, 0.2) is 0 Å². The molecule has 47 valence electrons. The first kappa shape index (κ1) is 9.80. The molecule has 0 N–H and O–H groups in total. The molecule has 0 aromatic carbocycles. The third kappa shape index (κ3) is 2.49. The van der Waals surface area contributed by atoms with Crippen molar-refractivity contribution in [3.63, 3.8) is 0 Å². The first-order valence-corrected chi connectivity index (χ1v) is 3.47. The number of hydrogen-bond donors (Lipinski definition) is 0. The number of hydrogen-bond acceptors (Lipinski definition) is 1. The average molecular weight is 214 g/mol. The van der Waals surface area contributed by atoms with Crippen molar-refractivity contribution in [3.05, 3.63) is 21.4 Å². The van der Waals surface area contributed by atoms with E-state index in [0.717, 1.165) is 0 Å². The van der Waals surface area contributed by atoms with Crippen molar-refractivity contribution in [2.24, 2.45) is 0 Å². The van der Waals surface area contributed by atoms with Crippen LogP contribution < -0.4 is 0 Å². The van der Waals surface area contributed by atoms with E-state index in [4.69, 9.17) is 0 Å². The van der Waals surface area contributed by atoms with Gasteiger partial charge in [-0.25, -0.2) is 11.6 Å². The van der Waals surface area contributed by atoms with Crippen LogP contribution in [0.25, 0.3) is 0 Å². The second-order valence-electron chi connectivity index (χ2n) is 1.96. The third-order valence-electron chi connectivity index (χ3n) is 1.20. The predicted octanol–water partition coefficient (Wildman–Crippen LogP) is 2.47. The molecule has 0 saturated heterocycles. The monoisotopic (exact) mass is 214 g/mol. The zero-order valence-electron chi connectivity index (χ0n) is 5.99. The largest absolute Gasteiger partial charge is 0.267 e. The zero-order valence-corrected chi connectivity index (χ0v) is 9.64. The summed E-state index contributed by atoms with van der Waals surface area (Å²) in [4.78, 5) is 2.68. The smallest absolute Gasteiger partial charge is 0 e. The Hall–Kier alpha value is 0.804. The molecular weight excluding hydrogens is 205 g/mol. The minimum atomic E-state index is 0. The van der Waals surface area contributed by atoms with Crippen molar-refractivity contribution in [2.45, 2.75) is 20.8 Å². The summed E-state index contributed by atoms with van der Waals surface area (Å²) in [7, 11) is 0. The van der Waals surface area contributed by atoms with Gasteiger partial charge in [0, 0.05) is 32.7 Å². The zero-order chi connectivity index (χ0) is 6.15. The fourth-order valence-corrected chi connectivity index (χ4v) is 1.55. The van der Waals surface area contributed by atoms with Crippen LogP contribution in [-0.4, -0.2) is 0 Å². The maximum absolute atomic E-state index is 3.23. The molecule has 0 aliphatic carbocycles. The fraction of sp³-hybridized carbons (Fsp3) is 0.429. The van der Waals surface area contributed by atoms with Gasteiger partial charge in [0.25, 0.3) is 0 Å². The van der Waals surface area contributed by atoms with Gasteiger partial charge in [-0.1, -0.05) is 13.8 Å². The molecule has 0 amide bonds. The molecule has 0 aliphatic heterocycles. The van der Waals surface area contributed by atoms with Crippen LogP contribution in [0.4, 0.5) is 0 Å². The topological polar surface area (TPSA) is 0 Å². The fourth-order valence-electron chi connectivity index (χ4n) is 0.684. The van der Waals surface area contributed by atoms with Gasteiger partial charge < -0.3 is 0 Å². The minimum Gasteiger partial charge on any atom is -0.267 e. The maximum atomic E-state index is 3.23. The molecule has 0 bridgehead atoms. The summed E-state index contributed by atoms with van der Waals surface area (Å²) in [5.74, 6) is 0. The van der Waals surface area contributed by atoms with Crippen molar-refractivity contribution in [2.75, 3.05) is 0 Å². The van der Waals surface area contributed by atoms with Crippen LogP contribution in [0.5, 0.6) is 0 Å². The molecule has 2 heteroatoms. The van der Waals surface area contributed by atoms with Crippen molar-refractivity contribution >= 4 is 11.3 Å². The van der Waals surface area contributed by atoms with Gasteiger partial charge in [-0.05, 0) is 6.92 Å². The van der Waals surface area contributed by atoms with E-state index in [1.54, 1.807) is 0 Å². The predicted molar refractivity (Wildman–Crippen MR) is 37.4 cm³/mol. The number of thiophene rings is 1. The van der Waals surface area contributed by atoms with E-state index >= 15 is 0 Å². The Morgan fingerprint density at radius 2 is 1.78 bits per heavy atom. The van der Waals surface area contributed by atoms with Crippen LogP contribution in [-0.2, 0) is 32.7 Å². The van der Waals surface area contributed by atoms with Crippen LogP contribution in [0.2, 0.25) is 0 Å². The van der Waals surface area contributed by atoms with Crippen LogP contribution in [0, 0.1) is 26.8 Å². The molecular formula is C7H9SY-. The summed E-state index contributed by atoms with van der Waals surface area (Å²) >= 11 is 1.81. The Labute approximate surface area is 85.6 Å². The number of rotatable bonds is 0. The van der Waals surface area contributed by atoms with Crippen LogP contribution in [0.3, 0.4) is 0 Å². The van der Waals surface area contributed by atoms with Gasteiger partial charge >= 0.3 is 0 Å². The van der Waals surface area contributed by atoms with Crippen molar-refractivity contribution < 1.29 is 32.7 Å². The Bertz CT molecular complexity index is 171. The van der Waals surface area contributed by atoms with Crippen molar-refractivity contribution in [1.29, 1.82) is 0 Å². The molecule has 0 fully saturated rings. The standard InChI is InChI=1S/C7H9S.Y/c1-5-4-6(2)8-7(5)3;/h1-3H3;/q-1;. The summed E-state index contributed by atoms with van der Waals surface area (Å²) < 4.78 is 0. The quantitative estimate of drug-likeness (QED) is 0.582. The van der Waals surface area contributed by atoms with Gasteiger partial charge in [-0.2, -0.15) is 0 Å². The first-order valence-electron chi connectivity index (χ1n) is 2.66. The average Bonchev–Trinajstić information content (AvgIpc) is 1.85. The molecule has 1 aromatic heterocycles. The molecule has 1 aromatic rings. The molecule has 0 saturated carbocycles. The summed E-state index contributed by atoms with van der Waals surface area (Å²) in [6.45, 7) is 6.31.